The van der Waals surface area contributed by atoms with E-state index in [0.717, 1.165) is 35.5 Å². The van der Waals surface area contributed by atoms with Gasteiger partial charge in [0.05, 0.1) is 35.4 Å². The van der Waals surface area contributed by atoms with Crippen molar-refractivity contribution in [2.24, 2.45) is 0 Å². The number of ether oxygens (including phenoxy) is 1. The van der Waals surface area contributed by atoms with Gasteiger partial charge in [-0.15, -0.1) is 0 Å². The maximum absolute atomic E-state index is 13.7. The van der Waals surface area contributed by atoms with Crippen LogP contribution in [0.5, 0.6) is 0 Å². The Labute approximate surface area is 214 Å². The number of hydrogen-bond donors (Lipinski definition) is 2. The average Bonchev–Trinajstić information content (AvgIpc) is 3.58. The van der Waals surface area contributed by atoms with Gasteiger partial charge in [0.15, 0.2) is 0 Å². The van der Waals surface area contributed by atoms with E-state index in [1.54, 1.807) is 12.4 Å². The third kappa shape index (κ3) is 4.14. The maximum atomic E-state index is 13.7. The van der Waals surface area contributed by atoms with Crippen molar-refractivity contribution in [2.75, 3.05) is 32.6 Å². The number of nitrogens with zero attached hydrogens (tertiary/aromatic N) is 4. The van der Waals surface area contributed by atoms with Crippen LogP contribution in [0.4, 0.5) is 15.9 Å². The Balaban J connectivity index is 1.39. The number of fused-ring (bicyclic) bond motifs is 2. The van der Waals surface area contributed by atoms with Gasteiger partial charge in [-0.1, -0.05) is 19.1 Å². The summed E-state index contributed by atoms with van der Waals surface area (Å²) >= 11 is 0. The normalized spacial score (nSPS) is 19.0. The molecule has 0 bridgehead atoms. The van der Waals surface area contributed by atoms with Gasteiger partial charge in [-0.05, 0) is 49.8 Å². The van der Waals surface area contributed by atoms with E-state index in [9.17, 15) is 9.18 Å². The zero-order chi connectivity index (χ0) is 25.7. The lowest BCUT2D eigenvalue weighted by Crippen LogP contribution is -2.26. The second kappa shape index (κ2) is 8.93. The standard InChI is InChI=1S/C28H29FN6O2/c1-28(9-11-37-16-28)20-5-7-24(33-22(20)15-34(2)3)32-21-6-4-18(19-13-31-27(36)26(19)21)23-14-30-25-12-17(29)8-10-35(23)25/h4-8,10,12,14H,9,11,13,15-16H2,1-3H3,(H,31,36)(H,32,33). The fourth-order valence-corrected chi connectivity index (χ4v) is 5.41. The minimum Gasteiger partial charge on any atom is -0.380 e. The van der Waals surface area contributed by atoms with Crippen LogP contribution in [0.2, 0.25) is 0 Å². The molecule has 1 fully saturated rings. The summed E-state index contributed by atoms with van der Waals surface area (Å²) in [6, 6.07) is 10.8. The maximum Gasteiger partial charge on any atom is 0.254 e. The van der Waals surface area contributed by atoms with Crippen LogP contribution in [0.3, 0.4) is 0 Å². The van der Waals surface area contributed by atoms with Crippen LogP contribution >= 0.6 is 0 Å². The van der Waals surface area contributed by atoms with Crippen molar-refractivity contribution in [3.05, 3.63) is 77.0 Å². The fraction of sp³-hybridized carbons (Fsp3) is 0.321. The van der Waals surface area contributed by atoms with Crippen LogP contribution < -0.4 is 10.6 Å². The average molecular weight is 501 g/mol. The van der Waals surface area contributed by atoms with Gasteiger partial charge in [0.1, 0.15) is 17.3 Å². The third-order valence-electron chi connectivity index (χ3n) is 7.29. The molecular weight excluding hydrogens is 471 g/mol. The fourth-order valence-electron chi connectivity index (χ4n) is 5.41. The number of nitrogens with one attached hydrogen (secondary N) is 2. The van der Waals surface area contributed by atoms with Crippen LogP contribution in [0.15, 0.2) is 48.8 Å². The molecule has 0 aliphatic carbocycles. The lowest BCUT2D eigenvalue weighted by Gasteiger charge is -2.26. The number of carbonyl (C=O) groups excluding carboxylic acids is 1. The number of imidazole rings is 1. The van der Waals surface area contributed by atoms with Crippen LogP contribution in [0, 0.1) is 5.82 Å². The largest absolute Gasteiger partial charge is 0.380 e. The minimum absolute atomic E-state index is 0.0589. The molecule has 1 amide bonds. The smallest absolute Gasteiger partial charge is 0.254 e. The third-order valence-corrected chi connectivity index (χ3v) is 7.29. The predicted octanol–water partition coefficient (Wildman–Crippen LogP) is 4.26. The molecule has 0 radical (unpaired) electrons. The number of carbonyl (C=O) groups is 1. The number of pyridine rings is 2. The van der Waals surface area contributed by atoms with E-state index in [4.69, 9.17) is 9.72 Å². The molecule has 6 rings (SSSR count). The number of anilines is 2. The molecule has 1 aromatic carbocycles. The zero-order valence-electron chi connectivity index (χ0n) is 21.1. The van der Waals surface area contributed by atoms with E-state index in [1.165, 1.54) is 17.7 Å². The highest BCUT2D eigenvalue weighted by Crippen LogP contribution is 2.37. The van der Waals surface area contributed by atoms with Crippen molar-refractivity contribution in [3.63, 3.8) is 0 Å². The van der Waals surface area contributed by atoms with Gasteiger partial charge in [0.2, 0.25) is 0 Å². The number of aromatic nitrogens is 3. The summed E-state index contributed by atoms with van der Waals surface area (Å²) in [5.41, 5.74) is 6.50. The molecular formula is C28H29FN6O2. The van der Waals surface area contributed by atoms with Crippen molar-refractivity contribution in [1.29, 1.82) is 0 Å². The second-order valence-electron chi connectivity index (χ2n) is 10.3. The SMILES string of the molecule is CN(C)Cc1nc(Nc2ccc(-c3cnc4cc(F)ccn34)c3c2C(=O)NC3)ccc1C1(C)CCOC1. The quantitative estimate of drug-likeness (QED) is 0.412. The van der Waals surface area contributed by atoms with Crippen molar-refractivity contribution in [1.82, 2.24) is 24.6 Å². The highest BCUT2D eigenvalue weighted by atomic mass is 19.1. The van der Waals surface area contributed by atoms with Crippen LogP contribution in [0.1, 0.15) is 40.5 Å². The van der Waals surface area contributed by atoms with Gasteiger partial charge in [0.25, 0.3) is 5.91 Å². The van der Waals surface area contributed by atoms with Gasteiger partial charge in [-0.25, -0.2) is 14.4 Å². The monoisotopic (exact) mass is 500 g/mol. The summed E-state index contributed by atoms with van der Waals surface area (Å²) in [5.74, 6) is 0.205. The van der Waals surface area contributed by atoms with E-state index in [-0.39, 0.29) is 17.1 Å². The molecule has 2 aliphatic rings. The Morgan fingerprint density at radius 2 is 2.11 bits per heavy atom. The van der Waals surface area contributed by atoms with E-state index < -0.39 is 0 Å². The Kier molecular flexibility index (Phi) is 5.69. The Morgan fingerprint density at radius 1 is 1.24 bits per heavy atom. The highest BCUT2D eigenvalue weighted by Gasteiger charge is 2.34. The van der Waals surface area contributed by atoms with E-state index in [0.29, 0.717) is 42.4 Å². The number of amides is 1. The van der Waals surface area contributed by atoms with Crippen molar-refractivity contribution < 1.29 is 13.9 Å². The Bertz CT molecular complexity index is 1520. The Morgan fingerprint density at radius 3 is 2.89 bits per heavy atom. The first-order valence-electron chi connectivity index (χ1n) is 12.4. The zero-order valence-corrected chi connectivity index (χ0v) is 21.1. The molecule has 3 aromatic heterocycles. The molecule has 5 heterocycles. The van der Waals surface area contributed by atoms with E-state index >= 15 is 0 Å². The molecule has 2 aliphatic heterocycles. The summed E-state index contributed by atoms with van der Waals surface area (Å²) < 4.78 is 21.2. The van der Waals surface area contributed by atoms with Crippen LogP contribution in [-0.2, 0) is 23.2 Å². The summed E-state index contributed by atoms with van der Waals surface area (Å²) in [7, 11) is 4.06. The first-order chi connectivity index (χ1) is 17.8. The number of hydrogen-bond acceptors (Lipinski definition) is 6. The predicted molar refractivity (Wildman–Crippen MR) is 139 cm³/mol. The van der Waals surface area contributed by atoms with Gasteiger partial charge >= 0.3 is 0 Å². The van der Waals surface area contributed by atoms with Gasteiger partial charge in [-0.2, -0.15) is 0 Å². The van der Waals surface area contributed by atoms with Crippen molar-refractivity contribution in [2.45, 2.75) is 31.8 Å². The molecule has 0 spiro atoms. The number of rotatable bonds is 6. The highest BCUT2D eigenvalue weighted by molar-refractivity contribution is 6.06. The van der Waals surface area contributed by atoms with Crippen LogP contribution in [0.25, 0.3) is 16.9 Å². The summed E-state index contributed by atoms with van der Waals surface area (Å²) in [5, 5.41) is 6.35. The summed E-state index contributed by atoms with van der Waals surface area (Å²) in [4.78, 5) is 24.4. The molecule has 8 nitrogen and oxygen atoms in total. The molecule has 1 atom stereocenters. The van der Waals surface area contributed by atoms with Gasteiger partial charge < -0.3 is 20.3 Å². The van der Waals surface area contributed by atoms with Crippen molar-refractivity contribution >= 4 is 23.1 Å². The number of benzene rings is 1. The molecule has 2 N–H and O–H groups in total. The lowest BCUT2D eigenvalue weighted by atomic mass is 9.81. The Hall–Kier alpha value is -3.82. The van der Waals surface area contributed by atoms with E-state index in [1.807, 2.05) is 36.7 Å². The molecule has 4 aromatic rings. The summed E-state index contributed by atoms with van der Waals surface area (Å²) in [6.07, 6.45) is 4.33. The van der Waals surface area contributed by atoms with Gasteiger partial charge in [-0.3, -0.25) is 9.20 Å². The molecule has 37 heavy (non-hydrogen) atoms. The minimum atomic E-state index is -0.340. The first kappa shape index (κ1) is 23.6. The van der Waals surface area contributed by atoms with E-state index in [2.05, 4.69) is 33.5 Å². The second-order valence-corrected chi connectivity index (χ2v) is 10.3. The molecule has 0 saturated carbocycles. The molecule has 1 unspecified atom stereocenters. The molecule has 190 valence electrons. The molecule has 1 saturated heterocycles. The topological polar surface area (TPSA) is 83.8 Å². The van der Waals surface area contributed by atoms with Crippen LogP contribution in [-0.4, -0.2) is 52.5 Å². The number of halogens is 1. The first-order valence-corrected chi connectivity index (χ1v) is 12.4. The molecule has 9 heteroatoms. The van der Waals surface area contributed by atoms with Crippen molar-refractivity contribution in [3.8, 4) is 11.3 Å². The van der Waals surface area contributed by atoms with Gasteiger partial charge in [0, 0.05) is 42.9 Å². The lowest BCUT2D eigenvalue weighted by molar-refractivity contribution is 0.0966. The summed E-state index contributed by atoms with van der Waals surface area (Å²) in [6.45, 7) is 4.78.